The van der Waals surface area contributed by atoms with Crippen molar-refractivity contribution in [3.05, 3.63) is 48.3 Å². The van der Waals surface area contributed by atoms with E-state index in [0.29, 0.717) is 6.54 Å². The van der Waals surface area contributed by atoms with E-state index in [2.05, 4.69) is 25.1 Å². The number of nitrogens with zero attached hydrogens (tertiary/aromatic N) is 4. The fraction of sp³-hybridized carbons (Fsp3) is 0.421. The Kier molecular flexibility index (Phi) is 6.01. The average molecular weight is 355 g/mol. The molecule has 1 atom stereocenters. The van der Waals surface area contributed by atoms with Gasteiger partial charge in [-0.3, -0.25) is 9.69 Å². The first-order valence-electron chi connectivity index (χ1n) is 8.84. The molecule has 1 amide bonds. The number of piperazine rings is 1. The number of benzene rings is 1. The lowest BCUT2D eigenvalue weighted by atomic mass is 10.2. The Labute approximate surface area is 154 Å². The zero-order chi connectivity index (χ0) is 18.4. The summed E-state index contributed by atoms with van der Waals surface area (Å²) in [5, 5.41) is 3.02. The first-order chi connectivity index (χ1) is 12.7. The average Bonchev–Trinajstić information content (AvgIpc) is 2.72. The molecule has 1 aromatic heterocycles. The number of anilines is 1. The van der Waals surface area contributed by atoms with Crippen LogP contribution in [0, 0.1) is 0 Å². The summed E-state index contributed by atoms with van der Waals surface area (Å²) in [6, 6.07) is 9.37. The van der Waals surface area contributed by atoms with Gasteiger partial charge in [0.15, 0.2) is 0 Å². The third-order valence-corrected chi connectivity index (χ3v) is 4.70. The van der Waals surface area contributed by atoms with Crippen molar-refractivity contribution in [3.8, 4) is 5.75 Å². The lowest BCUT2D eigenvalue weighted by Crippen LogP contribution is -2.54. The number of hydrogen-bond donors (Lipinski definition) is 1. The molecule has 1 aliphatic rings. The highest BCUT2D eigenvalue weighted by molar-refractivity contribution is 5.81. The second kappa shape index (κ2) is 8.62. The molecule has 0 saturated carbocycles. The number of amides is 1. The number of aromatic nitrogens is 2. The van der Waals surface area contributed by atoms with Crippen LogP contribution in [0.4, 0.5) is 5.95 Å². The predicted molar refractivity (Wildman–Crippen MR) is 100 cm³/mol. The quantitative estimate of drug-likeness (QED) is 0.843. The van der Waals surface area contributed by atoms with E-state index in [0.717, 1.165) is 43.4 Å². The maximum atomic E-state index is 12.5. The van der Waals surface area contributed by atoms with Gasteiger partial charge >= 0.3 is 0 Å². The summed E-state index contributed by atoms with van der Waals surface area (Å²) in [5.41, 5.74) is 1.05. The Morgan fingerprint density at radius 1 is 1.15 bits per heavy atom. The zero-order valence-electron chi connectivity index (χ0n) is 15.3. The maximum absolute atomic E-state index is 12.5. The van der Waals surface area contributed by atoms with Crippen LogP contribution in [0.25, 0.3) is 0 Å². The van der Waals surface area contributed by atoms with E-state index < -0.39 is 0 Å². The molecule has 0 spiro atoms. The molecule has 1 N–H and O–H groups in total. The summed E-state index contributed by atoms with van der Waals surface area (Å²) >= 11 is 0. The molecule has 0 aliphatic carbocycles. The topological polar surface area (TPSA) is 70.6 Å². The Hall–Kier alpha value is -2.67. The van der Waals surface area contributed by atoms with Crippen LogP contribution in [-0.2, 0) is 11.3 Å². The summed E-state index contributed by atoms with van der Waals surface area (Å²) in [5.74, 6) is 1.61. The number of nitrogens with one attached hydrogen (secondary N) is 1. The van der Waals surface area contributed by atoms with E-state index in [1.54, 1.807) is 19.5 Å². The van der Waals surface area contributed by atoms with E-state index in [4.69, 9.17) is 4.74 Å². The van der Waals surface area contributed by atoms with Crippen LogP contribution in [0.3, 0.4) is 0 Å². The highest BCUT2D eigenvalue weighted by atomic mass is 16.5. The Balaban J connectivity index is 1.46. The second-order valence-electron chi connectivity index (χ2n) is 6.31. The summed E-state index contributed by atoms with van der Waals surface area (Å²) in [6.45, 7) is 5.74. The molecular formula is C19H25N5O2. The van der Waals surface area contributed by atoms with Crippen molar-refractivity contribution < 1.29 is 9.53 Å². The monoisotopic (exact) mass is 355 g/mol. The molecule has 1 aromatic carbocycles. The van der Waals surface area contributed by atoms with Crippen molar-refractivity contribution in [1.29, 1.82) is 0 Å². The summed E-state index contributed by atoms with van der Waals surface area (Å²) in [7, 11) is 1.64. The molecule has 3 rings (SSSR count). The van der Waals surface area contributed by atoms with Crippen molar-refractivity contribution in [1.82, 2.24) is 20.2 Å². The van der Waals surface area contributed by atoms with Gasteiger partial charge in [-0.1, -0.05) is 12.1 Å². The molecule has 1 fully saturated rings. The molecule has 2 heterocycles. The number of carbonyl (C=O) groups is 1. The normalized spacial score (nSPS) is 16.2. The van der Waals surface area contributed by atoms with E-state index in [1.807, 2.05) is 37.3 Å². The van der Waals surface area contributed by atoms with Crippen molar-refractivity contribution in [2.24, 2.45) is 0 Å². The van der Waals surface area contributed by atoms with E-state index in [9.17, 15) is 4.79 Å². The van der Waals surface area contributed by atoms with Gasteiger partial charge in [0.25, 0.3) is 0 Å². The van der Waals surface area contributed by atoms with Crippen LogP contribution < -0.4 is 15.0 Å². The lowest BCUT2D eigenvalue weighted by Gasteiger charge is -2.37. The highest BCUT2D eigenvalue weighted by Gasteiger charge is 2.26. The van der Waals surface area contributed by atoms with Crippen LogP contribution in [0.1, 0.15) is 12.5 Å². The molecule has 138 valence electrons. The molecule has 0 unspecified atom stereocenters. The molecule has 1 aliphatic heterocycles. The summed E-state index contributed by atoms with van der Waals surface area (Å²) < 4.78 is 5.15. The van der Waals surface area contributed by atoms with Crippen molar-refractivity contribution >= 4 is 11.9 Å². The molecule has 1 saturated heterocycles. The highest BCUT2D eigenvalue weighted by Crippen LogP contribution is 2.13. The minimum Gasteiger partial charge on any atom is -0.497 e. The summed E-state index contributed by atoms with van der Waals surface area (Å²) in [4.78, 5) is 25.4. The number of hydrogen-bond acceptors (Lipinski definition) is 6. The zero-order valence-corrected chi connectivity index (χ0v) is 15.3. The Bertz CT molecular complexity index is 700. The van der Waals surface area contributed by atoms with Gasteiger partial charge < -0.3 is 15.0 Å². The van der Waals surface area contributed by atoms with Gasteiger partial charge in [-0.05, 0) is 30.7 Å². The Morgan fingerprint density at radius 2 is 1.81 bits per heavy atom. The molecule has 7 nitrogen and oxygen atoms in total. The van der Waals surface area contributed by atoms with Gasteiger partial charge in [0, 0.05) is 45.1 Å². The lowest BCUT2D eigenvalue weighted by molar-refractivity contribution is -0.126. The van der Waals surface area contributed by atoms with E-state index >= 15 is 0 Å². The second-order valence-corrected chi connectivity index (χ2v) is 6.31. The van der Waals surface area contributed by atoms with E-state index in [-0.39, 0.29) is 11.9 Å². The van der Waals surface area contributed by atoms with Gasteiger partial charge in [-0.2, -0.15) is 0 Å². The van der Waals surface area contributed by atoms with Gasteiger partial charge in [0.05, 0.1) is 13.2 Å². The van der Waals surface area contributed by atoms with Gasteiger partial charge in [0.2, 0.25) is 11.9 Å². The summed E-state index contributed by atoms with van der Waals surface area (Å²) in [6.07, 6.45) is 3.51. The minimum atomic E-state index is -0.160. The smallest absolute Gasteiger partial charge is 0.237 e. The van der Waals surface area contributed by atoms with Crippen LogP contribution in [0.15, 0.2) is 42.7 Å². The first-order valence-corrected chi connectivity index (χ1v) is 8.84. The van der Waals surface area contributed by atoms with Crippen LogP contribution >= 0.6 is 0 Å². The maximum Gasteiger partial charge on any atom is 0.237 e. The fourth-order valence-corrected chi connectivity index (χ4v) is 3.01. The molecule has 26 heavy (non-hydrogen) atoms. The minimum absolute atomic E-state index is 0.0465. The number of rotatable bonds is 6. The molecule has 7 heteroatoms. The van der Waals surface area contributed by atoms with Crippen LogP contribution in [0.2, 0.25) is 0 Å². The molecule has 2 aromatic rings. The van der Waals surface area contributed by atoms with Gasteiger partial charge in [-0.15, -0.1) is 0 Å². The number of carbonyl (C=O) groups excluding carboxylic acids is 1. The van der Waals surface area contributed by atoms with Crippen molar-refractivity contribution in [3.63, 3.8) is 0 Å². The SMILES string of the molecule is COc1ccc(CNC(=O)[C@@H](C)N2CCN(c3ncccn3)CC2)cc1. The Morgan fingerprint density at radius 3 is 2.42 bits per heavy atom. The molecular weight excluding hydrogens is 330 g/mol. The standard InChI is InChI=1S/C19H25N5O2/c1-15(18(25)22-14-16-4-6-17(26-2)7-5-16)23-10-12-24(13-11-23)19-20-8-3-9-21-19/h3-9,15H,10-14H2,1-2H3,(H,22,25)/t15-/m1/s1. The molecule has 0 bridgehead atoms. The number of ether oxygens (including phenoxy) is 1. The molecule has 0 radical (unpaired) electrons. The van der Waals surface area contributed by atoms with Crippen LogP contribution in [-0.4, -0.2) is 60.1 Å². The first kappa shape index (κ1) is 18.1. The predicted octanol–water partition coefficient (Wildman–Crippen LogP) is 1.31. The third kappa shape index (κ3) is 4.49. The van der Waals surface area contributed by atoms with Gasteiger partial charge in [-0.25, -0.2) is 9.97 Å². The number of methoxy groups -OCH3 is 1. The third-order valence-electron chi connectivity index (χ3n) is 4.70. The van der Waals surface area contributed by atoms with Crippen molar-refractivity contribution in [2.75, 3.05) is 38.2 Å². The van der Waals surface area contributed by atoms with Crippen molar-refractivity contribution in [2.45, 2.75) is 19.5 Å². The van der Waals surface area contributed by atoms with Gasteiger partial charge in [0.1, 0.15) is 5.75 Å². The van der Waals surface area contributed by atoms with Crippen LogP contribution in [0.5, 0.6) is 5.75 Å². The fourth-order valence-electron chi connectivity index (χ4n) is 3.01. The van der Waals surface area contributed by atoms with E-state index in [1.165, 1.54) is 0 Å². The largest absolute Gasteiger partial charge is 0.497 e.